The van der Waals surface area contributed by atoms with Gasteiger partial charge in [-0.2, -0.15) is 5.10 Å². The Morgan fingerprint density at radius 2 is 1.96 bits per heavy atom. The van der Waals surface area contributed by atoms with Gasteiger partial charge in [-0.3, -0.25) is 5.43 Å². The summed E-state index contributed by atoms with van der Waals surface area (Å²) in [5.74, 6) is 0.340. The zero-order valence-corrected chi connectivity index (χ0v) is 13.6. The summed E-state index contributed by atoms with van der Waals surface area (Å²) in [5.41, 5.74) is 4.00. The molecular formula is C17H18FN3OS. The van der Waals surface area contributed by atoms with E-state index >= 15 is 0 Å². The Bertz CT molecular complexity index is 691. The van der Waals surface area contributed by atoms with E-state index < -0.39 is 0 Å². The van der Waals surface area contributed by atoms with Crippen molar-refractivity contribution in [1.82, 2.24) is 10.7 Å². The van der Waals surface area contributed by atoms with E-state index in [0.29, 0.717) is 16.4 Å². The van der Waals surface area contributed by atoms with Crippen molar-refractivity contribution in [1.29, 1.82) is 0 Å². The van der Waals surface area contributed by atoms with Crippen LogP contribution >= 0.6 is 12.2 Å². The fourth-order valence-electron chi connectivity index (χ4n) is 1.85. The Hall–Kier alpha value is -2.47. The highest BCUT2D eigenvalue weighted by atomic mass is 32.1. The van der Waals surface area contributed by atoms with E-state index in [0.717, 1.165) is 12.1 Å². The lowest BCUT2D eigenvalue weighted by Gasteiger charge is -2.09. The molecule has 0 amide bonds. The van der Waals surface area contributed by atoms with E-state index in [1.165, 1.54) is 6.07 Å². The second-order valence-corrected chi connectivity index (χ2v) is 5.06. The Morgan fingerprint density at radius 1 is 1.22 bits per heavy atom. The van der Waals surface area contributed by atoms with Crippen molar-refractivity contribution in [2.45, 2.75) is 13.5 Å². The minimum Gasteiger partial charge on any atom is -0.488 e. The van der Waals surface area contributed by atoms with Crippen molar-refractivity contribution in [3.63, 3.8) is 0 Å². The Balaban J connectivity index is 2.01. The summed E-state index contributed by atoms with van der Waals surface area (Å²) in [6, 6.07) is 13.9. The summed E-state index contributed by atoms with van der Waals surface area (Å²) in [5, 5.41) is 7.45. The van der Waals surface area contributed by atoms with Gasteiger partial charge in [-0.1, -0.05) is 30.3 Å². The van der Waals surface area contributed by atoms with Crippen LogP contribution in [0.1, 0.15) is 18.1 Å². The van der Waals surface area contributed by atoms with Crippen LogP contribution in [0.4, 0.5) is 4.39 Å². The first-order valence-electron chi connectivity index (χ1n) is 7.23. The second kappa shape index (κ2) is 8.85. The molecule has 0 aliphatic rings. The molecule has 0 aliphatic carbocycles. The third kappa shape index (κ3) is 5.34. The lowest BCUT2D eigenvalue weighted by molar-refractivity contribution is 0.299. The number of nitrogens with one attached hydrogen (secondary N) is 2. The standard InChI is InChI=1S/C17H18FN3OS/c1-2-19-17(23)21-20-11-13-7-4-6-10-16(13)22-12-14-8-3-5-9-15(14)18/h3-11H,2,12H2,1H3,(H2,19,21,23)/b20-11+. The number of rotatable bonds is 6. The molecule has 0 saturated carbocycles. The van der Waals surface area contributed by atoms with Gasteiger partial charge in [0.2, 0.25) is 0 Å². The third-order valence-electron chi connectivity index (χ3n) is 2.97. The largest absolute Gasteiger partial charge is 0.488 e. The van der Waals surface area contributed by atoms with Gasteiger partial charge in [-0.05, 0) is 37.3 Å². The van der Waals surface area contributed by atoms with Gasteiger partial charge >= 0.3 is 0 Å². The van der Waals surface area contributed by atoms with Crippen LogP contribution in [0.25, 0.3) is 0 Å². The van der Waals surface area contributed by atoms with Crippen LogP contribution in [0.15, 0.2) is 53.6 Å². The monoisotopic (exact) mass is 331 g/mol. The topological polar surface area (TPSA) is 45.7 Å². The molecule has 23 heavy (non-hydrogen) atoms. The number of hydrogen-bond donors (Lipinski definition) is 2. The molecule has 0 radical (unpaired) electrons. The van der Waals surface area contributed by atoms with E-state index in [1.54, 1.807) is 24.4 Å². The maximum atomic E-state index is 13.6. The highest BCUT2D eigenvalue weighted by molar-refractivity contribution is 7.80. The van der Waals surface area contributed by atoms with E-state index in [-0.39, 0.29) is 12.4 Å². The fraction of sp³-hybridized carbons (Fsp3) is 0.176. The van der Waals surface area contributed by atoms with Gasteiger partial charge in [-0.15, -0.1) is 0 Å². The Kier molecular flexibility index (Phi) is 6.50. The summed E-state index contributed by atoms with van der Waals surface area (Å²) >= 11 is 5.02. The molecule has 2 aromatic rings. The van der Waals surface area contributed by atoms with E-state index in [9.17, 15) is 4.39 Å². The molecule has 0 spiro atoms. The first kappa shape index (κ1) is 16.9. The lowest BCUT2D eigenvalue weighted by Crippen LogP contribution is -2.31. The SMILES string of the molecule is CCNC(=S)N/N=C/c1ccccc1OCc1ccccc1F. The summed E-state index contributed by atoms with van der Waals surface area (Å²) in [6.45, 7) is 2.83. The average Bonchev–Trinajstić information content (AvgIpc) is 2.55. The van der Waals surface area contributed by atoms with Gasteiger partial charge in [-0.25, -0.2) is 4.39 Å². The van der Waals surface area contributed by atoms with Crippen LogP contribution in [0.2, 0.25) is 0 Å². The molecule has 0 fully saturated rings. The van der Waals surface area contributed by atoms with Crippen LogP contribution in [0.3, 0.4) is 0 Å². The smallest absolute Gasteiger partial charge is 0.186 e. The summed E-state index contributed by atoms with van der Waals surface area (Å²) in [7, 11) is 0. The van der Waals surface area contributed by atoms with Crippen molar-refractivity contribution in [2.24, 2.45) is 5.10 Å². The zero-order valence-electron chi connectivity index (χ0n) is 12.8. The maximum Gasteiger partial charge on any atom is 0.186 e. The normalized spacial score (nSPS) is 10.5. The van der Waals surface area contributed by atoms with Crippen LogP contribution in [-0.4, -0.2) is 17.9 Å². The fourth-order valence-corrected chi connectivity index (χ4v) is 2.05. The van der Waals surface area contributed by atoms with Crippen LogP contribution in [0, 0.1) is 5.82 Å². The van der Waals surface area contributed by atoms with Crippen LogP contribution in [0.5, 0.6) is 5.75 Å². The van der Waals surface area contributed by atoms with Gasteiger partial charge in [0.25, 0.3) is 0 Å². The van der Waals surface area contributed by atoms with Crippen molar-refractivity contribution in [2.75, 3.05) is 6.54 Å². The summed E-state index contributed by atoms with van der Waals surface area (Å²) < 4.78 is 19.3. The minimum absolute atomic E-state index is 0.154. The van der Waals surface area contributed by atoms with E-state index in [4.69, 9.17) is 17.0 Å². The molecule has 0 atom stereocenters. The van der Waals surface area contributed by atoms with Gasteiger partial charge < -0.3 is 10.1 Å². The van der Waals surface area contributed by atoms with Crippen LogP contribution < -0.4 is 15.5 Å². The quantitative estimate of drug-likeness (QED) is 0.485. The van der Waals surface area contributed by atoms with E-state index in [2.05, 4.69) is 15.8 Å². The first-order valence-corrected chi connectivity index (χ1v) is 7.63. The molecule has 0 heterocycles. The molecular weight excluding hydrogens is 313 g/mol. The predicted molar refractivity (Wildman–Crippen MR) is 94.2 cm³/mol. The van der Waals surface area contributed by atoms with Gasteiger partial charge in [0.15, 0.2) is 5.11 Å². The molecule has 4 nitrogen and oxygen atoms in total. The van der Waals surface area contributed by atoms with Crippen molar-refractivity contribution in [3.8, 4) is 5.75 Å². The molecule has 0 bridgehead atoms. The maximum absolute atomic E-state index is 13.6. The molecule has 0 aromatic heterocycles. The number of halogens is 1. The number of thiocarbonyl (C=S) groups is 1. The van der Waals surface area contributed by atoms with E-state index in [1.807, 2.05) is 31.2 Å². The molecule has 2 aromatic carbocycles. The van der Waals surface area contributed by atoms with Crippen molar-refractivity contribution >= 4 is 23.5 Å². The molecule has 0 aliphatic heterocycles. The highest BCUT2D eigenvalue weighted by Gasteiger charge is 2.04. The summed E-state index contributed by atoms with van der Waals surface area (Å²) in [4.78, 5) is 0. The number of para-hydroxylation sites is 1. The van der Waals surface area contributed by atoms with Crippen LogP contribution in [-0.2, 0) is 6.61 Å². The molecule has 0 unspecified atom stereocenters. The number of ether oxygens (including phenoxy) is 1. The zero-order chi connectivity index (χ0) is 16.5. The van der Waals surface area contributed by atoms with Gasteiger partial charge in [0.1, 0.15) is 18.2 Å². The second-order valence-electron chi connectivity index (χ2n) is 4.65. The predicted octanol–water partition coefficient (Wildman–Crippen LogP) is 3.22. The summed E-state index contributed by atoms with van der Waals surface area (Å²) in [6.07, 6.45) is 1.61. The number of benzene rings is 2. The lowest BCUT2D eigenvalue weighted by atomic mass is 10.2. The first-order chi connectivity index (χ1) is 11.2. The third-order valence-corrected chi connectivity index (χ3v) is 3.20. The molecule has 120 valence electrons. The molecule has 0 saturated heterocycles. The van der Waals surface area contributed by atoms with Gasteiger partial charge in [0, 0.05) is 17.7 Å². The number of hydrogen-bond acceptors (Lipinski definition) is 3. The Morgan fingerprint density at radius 3 is 2.74 bits per heavy atom. The van der Waals surface area contributed by atoms with Crippen molar-refractivity contribution < 1.29 is 9.13 Å². The molecule has 6 heteroatoms. The van der Waals surface area contributed by atoms with Crippen molar-refractivity contribution in [3.05, 3.63) is 65.5 Å². The highest BCUT2D eigenvalue weighted by Crippen LogP contribution is 2.18. The minimum atomic E-state index is -0.281. The van der Waals surface area contributed by atoms with Gasteiger partial charge in [0.05, 0.1) is 6.21 Å². The Labute approximate surface area is 140 Å². The average molecular weight is 331 g/mol. The number of nitrogens with zero attached hydrogens (tertiary/aromatic N) is 1. The molecule has 2 rings (SSSR count). The molecule has 2 N–H and O–H groups in total. The number of hydrazone groups is 1.